The molecule has 4 heterocycles. The van der Waals surface area contributed by atoms with E-state index >= 15 is 0 Å². The average Bonchev–Trinajstić information content (AvgIpc) is 3.74. The topological polar surface area (TPSA) is 174 Å². The number of H-pyrrole nitrogens is 2. The highest BCUT2D eigenvalue weighted by molar-refractivity contribution is 7.20. The average molecular weight is 609 g/mol. The molecule has 0 saturated carbocycles. The second-order valence-corrected chi connectivity index (χ2v) is 11.2. The monoisotopic (exact) mass is 608 g/mol. The van der Waals surface area contributed by atoms with Crippen molar-refractivity contribution >= 4 is 89.5 Å². The fourth-order valence-electron chi connectivity index (χ4n) is 3.74. The number of aromatic amines is 2. The molecular formula is C26H25ClN10O2S2. The Hall–Kier alpha value is -4.79. The van der Waals surface area contributed by atoms with E-state index in [0.29, 0.717) is 31.2 Å². The van der Waals surface area contributed by atoms with Gasteiger partial charge < -0.3 is 11.5 Å². The van der Waals surface area contributed by atoms with Crippen molar-refractivity contribution in [1.82, 2.24) is 31.2 Å². The summed E-state index contributed by atoms with van der Waals surface area (Å²) in [6.45, 7) is 0. The van der Waals surface area contributed by atoms with Gasteiger partial charge in [0.2, 0.25) is 0 Å². The van der Waals surface area contributed by atoms with Crippen molar-refractivity contribution in [3.8, 4) is 0 Å². The Bertz CT molecular complexity index is 1810. The van der Waals surface area contributed by atoms with Crippen molar-refractivity contribution < 1.29 is 9.59 Å². The van der Waals surface area contributed by atoms with Crippen molar-refractivity contribution in [2.75, 3.05) is 35.6 Å². The molecule has 6 aromatic rings. The maximum atomic E-state index is 12.2. The molecule has 41 heavy (non-hydrogen) atoms. The van der Waals surface area contributed by atoms with Crippen LogP contribution in [0.2, 0.25) is 5.02 Å². The number of nitrogen functional groups attached to an aromatic ring is 2. The van der Waals surface area contributed by atoms with Crippen LogP contribution in [0, 0.1) is 0 Å². The molecule has 2 aromatic carbocycles. The number of anilines is 4. The van der Waals surface area contributed by atoms with Crippen LogP contribution in [0.15, 0.2) is 66.7 Å². The lowest BCUT2D eigenvalue weighted by atomic mass is 10.3. The first-order valence-electron chi connectivity index (χ1n) is 12.1. The first-order chi connectivity index (χ1) is 19.7. The van der Waals surface area contributed by atoms with E-state index < -0.39 is 0 Å². The Morgan fingerprint density at radius 2 is 1.20 bits per heavy atom. The number of carbonyl (C=O) groups is 2. The van der Waals surface area contributed by atoms with Gasteiger partial charge in [-0.25, -0.2) is 0 Å². The summed E-state index contributed by atoms with van der Waals surface area (Å²) in [6, 6.07) is 20.2. The number of benzene rings is 2. The van der Waals surface area contributed by atoms with Gasteiger partial charge in [-0.15, -0.1) is 22.7 Å². The Balaban J connectivity index is 0.000000165. The van der Waals surface area contributed by atoms with Crippen LogP contribution in [0.1, 0.15) is 19.3 Å². The SMILES string of the molecule is CN(NC(=O)c1cc2c(N)[nH]nc2s1)c1ccc(Cl)cc1.CN(NC(=O)c1cc2c(N)[nH]nc2s1)c1ccccc1. The molecule has 0 saturated heterocycles. The minimum absolute atomic E-state index is 0.182. The fourth-order valence-corrected chi connectivity index (χ4v) is 5.65. The summed E-state index contributed by atoms with van der Waals surface area (Å²) in [5.74, 6) is 0.548. The molecule has 0 bridgehead atoms. The number of nitrogens with one attached hydrogen (secondary N) is 4. The first-order valence-corrected chi connectivity index (χ1v) is 14.1. The van der Waals surface area contributed by atoms with Crippen LogP contribution in [-0.2, 0) is 0 Å². The van der Waals surface area contributed by atoms with Crippen LogP contribution in [0.4, 0.5) is 23.0 Å². The van der Waals surface area contributed by atoms with Gasteiger partial charge in [-0.2, -0.15) is 10.2 Å². The van der Waals surface area contributed by atoms with Gasteiger partial charge in [0.15, 0.2) is 0 Å². The zero-order chi connectivity index (χ0) is 29.1. The van der Waals surface area contributed by atoms with Gasteiger partial charge in [-0.3, -0.25) is 40.7 Å². The van der Waals surface area contributed by atoms with Crippen molar-refractivity contribution in [2.24, 2.45) is 0 Å². The smallest absolute Gasteiger partial charge is 0.279 e. The third kappa shape index (κ3) is 6.19. The standard InChI is InChI=1S/C13H12ClN5OS.C13H13N5OS/c1-19(8-4-2-7(14)3-5-8)18-12(20)10-6-9-11(15)16-17-13(9)21-10;1-18(8-5-3-2-4-6-8)17-12(19)10-7-9-11(14)15-16-13(9)20-10/h2-6H,1H3,(H,18,20)(H3,15,16,17);2-7H,1H3,(H,17,19)(H3,14,15,16). The van der Waals surface area contributed by atoms with Gasteiger partial charge in [0, 0.05) is 19.1 Å². The lowest BCUT2D eigenvalue weighted by Gasteiger charge is -2.19. The number of carbonyl (C=O) groups excluding carboxylic acids is 2. The second kappa shape index (κ2) is 11.8. The molecular weight excluding hydrogens is 584 g/mol. The second-order valence-electron chi connectivity index (χ2n) is 8.75. The van der Waals surface area contributed by atoms with Crippen LogP contribution in [-0.4, -0.2) is 46.3 Å². The zero-order valence-electron chi connectivity index (χ0n) is 21.8. The third-order valence-electron chi connectivity index (χ3n) is 5.90. The Morgan fingerprint density at radius 1 is 0.756 bits per heavy atom. The van der Waals surface area contributed by atoms with E-state index in [-0.39, 0.29) is 11.8 Å². The molecule has 0 radical (unpaired) electrons. The lowest BCUT2D eigenvalue weighted by Crippen LogP contribution is -2.38. The number of nitrogens with zero attached hydrogens (tertiary/aromatic N) is 4. The quantitative estimate of drug-likeness (QED) is 0.148. The van der Waals surface area contributed by atoms with Gasteiger partial charge in [-0.1, -0.05) is 29.8 Å². The molecule has 15 heteroatoms. The number of amides is 2. The van der Waals surface area contributed by atoms with Gasteiger partial charge in [0.1, 0.15) is 21.3 Å². The van der Waals surface area contributed by atoms with Crippen molar-refractivity contribution in [3.05, 3.63) is 81.5 Å². The predicted molar refractivity (Wildman–Crippen MR) is 166 cm³/mol. The molecule has 0 spiro atoms. The highest BCUT2D eigenvalue weighted by Crippen LogP contribution is 2.28. The Kier molecular flexibility index (Phi) is 7.96. The van der Waals surface area contributed by atoms with E-state index in [4.69, 9.17) is 23.1 Å². The molecule has 6 rings (SSSR count). The number of hydrogen-bond donors (Lipinski definition) is 6. The molecule has 0 aliphatic rings. The molecule has 0 aliphatic carbocycles. The van der Waals surface area contributed by atoms with Crippen LogP contribution >= 0.6 is 34.3 Å². The molecule has 0 unspecified atom stereocenters. The number of rotatable bonds is 6. The van der Waals surface area contributed by atoms with Gasteiger partial charge in [-0.05, 0) is 48.5 Å². The molecule has 2 amide bonds. The van der Waals surface area contributed by atoms with Crippen molar-refractivity contribution in [1.29, 1.82) is 0 Å². The molecule has 0 atom stereocenters. The number of thiophene rings is 2. The molecule has 210 valence electrons. The zero-order valence-corrected chi connectivity index (χ0v) is 24.2. The fraction of sp³-hybridized carbons (Fsp3) is 0.0769. The van der Waals surface area contributed by atoms with Crippen LogP contribution in [0.3, 0.4) is 0 Å². The predicted octanol–water partition coefficient (Wildman–Crippen LogP) is 4.63. The van der Waals surface area contributed by atoms with Crippen LogP contribution in [0.25, 0.3) is 20.4 Å². The summed E-state index contributed by atoms with van der Waals surface area (Å²) in [7, 11) is 3.55. The molecule has 8 N–H and O–H groups in total. The van der Waals surface area contributed by atoms with E-state index in [1.807, 2.05) is 42.5 Å². The Labute approximate surface area is 246 Å². The molecule has 0 aliphatic heterocycles. The van der Waals surface area contributed by atoms with Gasteiger partial charge >= 0.3 is 0 Å². The number of hydrogen-bond acceptors (Lipinski definition) is 10. The normalized spacial score (nSPS) is 10.7. The summed E-state index contributed by atoms with van der Waals surface area (Å²) in [6.07, 6.45) is 0. The van der Waals surface area contributed by atoms with Gasteiger partial charge in [0.05, 0.1) is 31.9 Å². The van der Waals surface area contributed by atoms with Crippen molar-refractivity contribution in [2.45, 2.75) is 0 Å². The van der Waals surface area contributed by atoms with E-state index in [1.165, 1.54) is 22.7 Å². The molecule has 4 aromatic heterocycles. The number of fused-ring (bicyclic) bond motifs is 2. The van der Waals surface area contributed by atoms with E-state index in [0.717, 1.165) is 27.0 Å². The van der Waals surface area contributed by atoms with Crippen LogP contribution < -0.4 is 32.3 Å². The number of nitrogens with two attached hydrogens (primary N) is 2. The number of halogens is 1. The van der Waals surface area contributed by atoms with Crippen LogP contribution in [0.5, 0.6) is 0 Å². The highest BCUT2D eigenvalue weighted by Gasteiger charge is 2.16. The summed E-state index contributed by atoms with van der Waals surface area (Å²) in [4.78, 5) is 27.0. The van der Waals surface area contributed by atoms with Gasteiger partial charge in [0.25, 0.3) is 11.8 Å². The third-order valence-corrected chi connectivity index (χ3v) is 8.21. The van der Waals surface area contributed by atoms with Crippen molar-refractivity contribution in [3.63, 3.8) is 0 Å². The summed E-state index contributed by atoms with van der Waals surface area (Å²) in [5.41, 5.74) is 18.8. The van der Waals surface area contributed by atoms with E-state index in [2.05, 4.69) is 31.2 Å². The molecule has 12 nitrogen and oxygen atoms in total. The highest BCUT2D eigenvalue weighted by atomic mass is 35.5. The summed E-state index contributed by atoms with van der Waals surface area (Å²) >= 11 is 8.43. The maximum absolute atomic E-state index is 12.2. The largest absolute Gasteiger partial charge is 0.384 e. The van der Waals surface area contributed by atoms with E-state index in [1.54, 1.807) is 48.4 Å². The number of para-hydroxylation sites is 1. The number of hydrazine groups is 2. The minimum atomic E-state index is -0.213. The summed E-state index contributed by atoms with van der Waals surface area (Å²) < 4.78 is 0. The summed E-state index contributed by atoms with van der Waals surface area (Å²) in [5, 5.41) is 18.9. The lowest BCUT2D eigenvalue weighted by molar-refractivity contribution is 0.0947. The maximum Gasteiger partial charge on any atom is 0.279 e. The Morgan fingerprint density at radius 3 is 1.63 bits per heavy atom. The first kappa shape index (κ1) is 27.8. The molecule has 0 fully saturated rings. The minimum Gasteiger partial charge on any atom is -0.384 e. The number of aromatic nitrogens is 4. The van der Waals surface area contributed by atoms with E-state index in [9.17, 15) is 9.59 Å².